The van der Waals surface area contributed by atoms with Gasteiger partial charge in [0.2, 0.25) is 15.9 Å². The van der Waals surface area contributed by atoms with Crippen molar-refractivity contribution in [1.29, 1.82) is 0 Å². The van der Waals surface area contributed by atoms with Gasteiger partial charge in [0.1, 0.15) is 6.04 Å². The molecule has 1 amide bonds. The second-order valence-electron chi connectivity index (χ2n) is 7.09. The predicted octanol–water partition coefficient (Wildman–Crippen LogP) is 2.41. The maximum absolute atomic E-state index is 13.0. The molecule has 132 valence electrons. The van der Waals surface area contributed by atoms with Gasteiger partial charge in [-0.1, -0.05) is 24.6 Å². The molecule has 2 heterocycles. The fourth-order valence-corrected chi connectivity index (χ4v) is 5.21. The minimum absolute atomic E-state index is 0.0184. The molecule has 1 aromatic carbocycles. The quantitative estimate of drug-likeness (QED) is 0.841. The minimum atomic E-state index is -3.61. The Hall–Kier alpha value is -1.40. The fourth-order valence-electron chi connectivity index (χ4n) is 3.56. The molecule has 2 saturated heterocycles. The van der Waals surface area contributed by atoms with Crippen LogP contribution in [-0.4, -0.2) is 49.2 Å². The summed E-state index contributed by atoms with van der Waals surface area (Å²) in [6.07, 6.45) is 3.37. The van der Waals surface area contributed by atoms with Gasteiger partial charge in [-0.25, -0.2) is 8.42 Å². The largest absolute Gasteiger partial charge is 0.341 e. The zero-order valence-corrected chi connectivity index (χ0v) is 15.3. The van der Waals surface area contributed by atoms with E-state index in [-0.39, 0.29) is 10.8 Å². The van der Waals surface area contributed by atoms with Gasteiger partial charge < -0.3 is 4.90 Å². The number of hydrogen-bond acceptors (Lipinski definition) is 3. The lowest BCUT2D eigenvalue weighted by atomic mass is 9.98. The van der Waals surface area contributed by atoms with Crippen LogP contribution in [0.3, 0.4) is 0 Å². The van der Waals surface area contributed by atoms with Gasteiger partial charge in [-0.2, -0.15) is 4.31 Å². The summed E-state index contributed by atoms with van der Waals surface area (Å²) in [7, 11) is -3.61. The van der Waals surface area contributed by atoms with Crippen molar-refractivity contribution in [2.45, 2.75) is 50.5 Å². The highest BCUT2D eigenvalue weighted by Gasteiger charge is 2.41. The number of hydrogen-bond donors (Lipinski definition) is 0. The van der Waals surface area contributed by atoms with Crippen molar-refractivity contribution in [3.05, 3.63) is 29.8 Å². The second-order valence-corrected chi connectivity index (χ2v) is 8.99. The average molecular weight is 350 g/mol. The number of piperidine rings is 1. The molecule has 2 aliphatic heterocycles. The third kappa shape index (κ3) is 3.35. The highest BCUT2D eigenvalue weighted by Crippen LogP contribution is 2.28. The van der Waals surface area contributed by atoms with E-state index in [0.717, 1.165) is 37.9 Å². The Labute approximate surface area is 144 Å². The molecule has 24 heavy (non-hydrogen) atoms. The summed E-state index contributed by atoms with van der Waals surface area (Å²) in [6.45, 7) is 6.04. The summed E-state index contributed by atoms with van der Waals surface area (Å²) < 4.78 is 27.3. The van der Waals surface area contributed by atoms with Gasteiger partial charge in [0, 0.05) is 19.6 Å². The molecule has 1 atom stereocenters. The number of carbonyl (C=O) groups excluding carboxylic acids is 1. The molecule has 6 heteroatoms. The third-order valence-electron chi connectivity index (χ3n) is 5.21. The van der Waals surface area contributed by atoms with E-state index in [0.29, 0.717) is 18.9 Å². The molecule has 3 rings (SSSR count). The Morgan fingerprint density at radius 2 is 1.67 bits per heavy atom. The van der Waals surface area contributed by atoms with E-state index in [4.69, 9.17) is 0 Å². The summed E-state index contributed by atoms with van der Waals surface area (Å²) in [6, 6.07) is 6.32. The zero-order chi connectivity index (χ0) is 17.3. The molecule has 2 fully saturated rings. The maximum Gasteiger partial charge on any atom is 0.243 e. The van der Waals surface area contributed by atoms with Gasteiger partial charge in [0.05, 0.1) is 4.90 Å². The van der Waals surface area contributed by atoms with Gasteiger partial charge >= 0.3 is 0 Å². The fraction of sp³-hybridized carbons (Fsp3) is 0.611. The summed E-state index contributed by atoms with van der Waals surface area (Å²) in [5.74, 6) is 0.625. The molecule has 1 aromatic rings. The number of nitrogens with zero attached hydrogens (tertiary/aromatic N) is 2. The topological polar surface area (TPSA) is 57.7 Å². The highest BCUT2D eigenvalue weighted by molar-refractivity contribution is 7.89. The van der Waals surface area contributed by atoms with Crippen molar-refractivity contribution in [1.82, 2.24) is 9.21 Å². The molecular formula is C18H26N2O3S. The first-order valence-electron chi connectivity index (χ1n) is 8.77. The van der Waals surface area contributed by atoms with Crippen molar-refractivity contribution in [2.75, 3.05) is 19.6 Å². The van der Waals surface area contributed by atoms with Crippen LogP contribution in [0.15, 0.2) is 29.2 Å². The standard InChI is InChI=1S/C18H26N2O3S/c1-14-5-7-16(8-6-14)24(22,23)20-11-3-4-17(20)18(21)19-12-9-15(2)10-13-19/h5-8,15,17H,3-4,9-13H2,1-2H3. The molecule has 2 aliphatic rings. The number of likely N-dealkylation sites (tertiary alicyclic amines) is 1. The number of sulfonamides is 1. The lowest BCUT2D eigenvalue weighted by Gasteiger charge is -2.34. The average Bonchev–Trinajstić information content (AvgIpc) is 3.06. The van der Waals surface area contributed by atoms with Crippen molar-refractivity contribution >= 4 is 15.9 Å². The number of benzene rings is 1. The van der Waals surface area contributed by atoms with Gasteiger partial charge in [-0.3, -0.25) is 4.79 Å². The smallest absolute Gasteiger partial charge is 0.243 e. The SMILES string of the molecule is Cc1ccc(S(=O)(=O)N2CCCC2C(=O)N2CCC(C)CC2)cc1. The summed E-state index contributed by atoms with van der Waals surface area (Å²) >= 11 is 0. The summed E-state index contributed by atoms with van der Waals surface area (Å²) in [5.41, 5.74) is 1.02. The van der Waals surface area contributed by atoms with Crippen molar-refractivity contribution in [2.24, 2.45) is 5.92 Å². The van der Waals surface area contributed by atoms with E-state index >= 15 is 0 Å². The number of carbonyl (C=O) groups is 1. The van der Waals surface area contributed by atoms with Crippen LogP contribution in [0.25, 0.3) is 0 Å². The lowest BCUT2D eigenvalue weighted by molar-refractivity contribution is -0.135. The predicted molar refractivity (Wildman–Crippen MR) is 93.1 cm³/mol. The van der Waals surface area contributed by atoms with Crippen LogP contribution in [0.2, 0.25) is 0 Å². The molecule has 0 radical (unpaired) electrons. The molecule has 1 unspecified atom stereocenters. The first kappa shape index (κ1) is 17.4. The monoisotopic (exact) mass is 350 g/mol. The van der Waals surface area contributed by atoms with Crippen LogP contribution < -0.4 is 0 Å². The number of amides is 1. The van der Waals surface area contributed by atoms with Crippen LogP contribution in [0.5, 0.6) is 0 Å². The molecule has 0 saturated carbocycles. The van der Waals surface area contributed by atoms with Gasteiger partial charge in [-0.15, -0.1) is 0 Å². The minimum Gasteiger partial charge on any atom is -0.341 e. The Balaban J connectivity index is 1.79. The maximum atomic E-state index is 13.0. The van der Waals surface area contributed by atoms with Gasteiger partial charge in [0.15, 0.2) is 0 Å². The normalized spacial score (nSPS) is 23.6. The first-order valence-corrected chi connectivity index (χ1v) is 10.2. The van der Waals surface area contributed by atoms with Crippen molar-refractivity contribution in [3.63, 3.8) is 0 Å². The molecule has 0 aromatic heterocycles. The van der Waals surface area contributed by atoms with Crippen LogP contribution in [0, 0.1) is 12.8 Å². The summed E-state index contributed by atoms with van der Waals surface area (Å²) in [4.78, 5) is 15.0. The van der Waals surface area contributed by atoms with E-state index < -0.39 is 16.1 Å². The van der Waals surface area contributed by atoms with E-state index in [9.17, 15) is 13.2 Å². The van der Waals surface area contributed by atoms with Gasteiger partial charge in [0.25, 0.3) is 0 Å². The highest BCUT2D eigenvalue weighted by atomic mass is 32.2. The first-order chi connectivity index (χ1) is 11.4. The molecular weight excluding hydrogens is 324 g/mol. The number of rotatable bonds is 3. The Morgan fingerprint density at radius 3 is 2.29 bits per heavy atom. The molecule has 0 N–H and O–H groups in total. The zero-order valence-electron chi connectivity index (χ0n) is 14.4. The Kier molecular flexibility index (Phi) is 4.97. The van der Waals surface area contributed by atoms with Crippen LogP contribution in [-0.2, 0) is 14.8 Å². The Morgan fingerprint density at radius 1 is 1.04 bits per heavy atom. The van der Waals surface area contributed by atoms with E-state index in [1.165, 1.54) is 4.31 Å². The Bertz CT molecular complexity index is 691. The van der Waals surface area contributed by atoms with Crippen LogP contribution in [0.4, 0.5) is 0 Å². The molecule has 0 bridgehead atoms. The summed E-state index contributed by atoms with van der Waals surface area (Å²) in [5, 5.41) is 0. The third-order valence-corrected chi connectivity index (χ3v) is 7.13. The molecule has 0 spiro atoms. The van der Waals surface area contributed by atoms with E-state index in [2.05, 4.69) is 6.92 Å². The van der Waals surface area contributed by atoms with E-state index in [1.807, 2.05) is 11.8 Å². The molecule has 5 nitrogen and oxygen atoms in total. The second kappa shape index (κ2) is 6.84. The van der Waals surface area contributed by atoms with Crippen molar-refractivity contribution < 1.29 is 13.2 Å². The molecule has 0 aliphatic carbocycles. The van der Waals surface area contributed by atoms with Crippen molar-refractivity contribution in [3.8, 4) is 0 Å². The van der Waals surface area contributed by atoms with Crippen LogP contribution >= 0.6 is 0 Å². The van der Waals surface area contributed by atoms with E-state index in [1.54, 1.807) is 24.3 Å². The van der Waals surface area contributed by atoms with Crippen LogP contribution in [0.1, 0.15) is 38.2 Å². The lowest BCUT2D eigenvalue weighted by Crippen LogP contribution is -2.49. The number of aryl methyl sites for hydroxylation is 1. The van der Waals surface area contributed by atoms with Gasteiger partial charge in [-0.05, 0) is 50.7 Å².